The molecule has 3 aliphatic rings. The summed E-state index contributed by atoms with van der Waals surface area (Å²) < 4.78 is 15.8. The van der Waals surface area contributed by atoms with Crippen LogP contribution in [0.3, 0.4) is 0 Å². The van der Waals surface area contributed by atoms with E-state index >= 15 is 0 Å². The van der Waals surface area contributed by atoms with E-state index in [4.69, 9.17) is 19.7 Å². The van der Waals surface area contributed by atoms with E-state index in [1.54, 1.807) is 20.0 Å². The second-order valence-corrected chi connectivity index (χ2v) is 9.72. The number of carboxylic acid groups (broad SMARTS) is 2. The Morgan fingerprint density at radius 3 is 2.41 bits per heavy atom. The fourth-order valence-electron chi connectivity index (χ4n) is 5.96. The molecule has 0 saturated heterocycles. The van der Waals surface area contributed by atoms with Crippen molar-refractivity contribution >= 4 is 23.9 Å². The molecule has 212 valence electrons. The number of aliphatic hydroxyl groups is 3. The molecule has 0 bridgehead atoms. The maximum atomic E-state index is 12.8. The van der Waals surface area contributed by atoms with E-state index in [-0.39, 0.29) is 23.7 Å². The van der Waals surface area contributed by atoms with Gasteiger partial charge in [0.15, 0.2) is 29.8 Å². The van der Waals surface area contributed by atoms with Crippen molar-refractivity contribution in [3.8, 4) is 11.5 Å². The maximum absolute atomic E-state index is 12.8. The molecule has 0 amide bonds. The molecule has 0 radical (unpaired) electrons. The van der Waals surface area contributed by atoms with Crippen LogP contribution in [-0.2, 0) is 40.5 Å². The zero-order chi connectivity index (χ0) is 28.9. The molecule has 7 atom stereocenters. The van der Waals surface area contributed by atoms with Crippen molar-refractivity contribution in [2.75, 3.05) is 7.05 Å². The van der Waals surface area contributed by atoms with Gasteiger partial charge in [0.25, 0.3) is 0 Å². The highest BCUT2D eigenvalue weighted by molar-refractivity contribution is 5.88. The number of nitrogens with one attached hydrogen (secondary N) is 1. The highest BCUT2D eigenvalue weighted by Crippen LogP contribution is 2.63. The first-order chi connectivity index (χ1) is 18.3. The number of ether oxygens (including phenoxy) is 3. The van der Waals surface area contributed by atoms with Gasteiger partial charge in [-0.05, 0) is 37.6 Å². The van der Waals surface area contributed by atoms with Crippen LogP contribution in [0.4, 0.5) is 0 Å². The summed E-state index contributed by atoms with van der Waals surface area (Å²) in [6.45, 7) is 1.80. The molecule has 0 spiro atoms. The Balaban J connectivity index is 1.59. The lowest BCUT2D eigenvalue weighted by molar-refractivity contribution is -0.181. The Bertz CT molecular complexity index is 1240. The lowest BCUT2D eigenvalue weighted by atomic mass is 9.52. The Kier molecular flexibility index (Phi) is 7.33. The Morgan fingerprint density at radius 1 is 1.15 bits per heavy atom. The van der Waals surface area contributed by atoms with Gasteiger partial charge in [0.05, 0.1) is 17.4 Å². The zero-order valence-electron chi connectivity index (χ0n) is 21.0. The first-order valence-electron chi connectivity index (χ1n) is 12.2. The third-order valence-corrected chi connectivity index (χ3v) is 7.80. The molecule has 0 unspecified atom stereocenters. The number of esters is 2. The molecule has 7 N–H and O–H groups in total. The van der Waals surface area contributed by atoms with Gasteiger partial charge in [0.2, 0.25) is 6.10 Å². The molecule has 1 heterocycles. The first kappa shape index (κ1) is 28.3. The molecule has 0 aromatic heterocycles. The summed E-state index contributed by atoms with van der Waals surface area (Å²) >= 11 is 0. The van der Waals surface area contributed by atoms with Gasteiger partial charge in [0, 0.05) is 18.0 Å². The number of hydrogen-bond acceptors (Lipinski definition) is 12. The average molecular weight is 552 g/mol. The minimum Gasteiger partial charge on any atom is -0.504 e. The molecule has 14 nitrogen and oxygen atoms in total. The molecule has 0 saturated carbocycles. The molecule has 1 aliphatic heterocycles. The smallest absolute Gasteiger partial charge is 0.345 e. The van der Waals surface area contributed by atoms with Crippen molar-refractivity contribution in [2.45, 2.75) is 74.1 Å². The molecular formula is C25H29NO13. The minimum atomic E-state index is -2.60. The van der Waals surface area contributed by atoms with Crippen molar-refractivity contribution in [1.82, 2.24) is 5.32 Å². The number of likely N-dealkylation sites (N-methyl/N-ethyl adjacent to an activating group) is 1. The fraction of sp³-hybridized carbons (Fsp3) is 0.520. The van der Waals surface area contributed by atoms with Gasteiger partial charge in [-0.1, -0.05) is 13.0 Å². The number of phenols is 1. The van der Waals surface area contributed by atoms with Crippen molar-refractivity contribution in [3.63, 3.8) is 0 Å². The second kappa shape index (κ2) is 10.1. The molecule has 14 heteroatoms. The quantitative estimate of drug-likeness (QED) is 0.168. The highest BCUT2D eigenvalue weighted by atomic mass is 16.6. The average Bonchev–Trinajstić information content (AvgIpc) is 3.27. The van der Waals surface area contributed by atoms with Crippen molar-refractivity contribution < 1.29 is 64.0 Å². The van der Waals surface area contributed by atoms with Crippen LogP contribution >= 0.6 is 0 Å². The maximum Gasteiger partial charge on any atom is 0.345 e. The number of benzene rings is 1. The van der Waals surface area contributed by atoms with E-state index in [0.717, 1.165) is 5.56 Å². The predicted molar refractivity (Wildman–Crippen MR) is 127 cm³/mol. The summed E-state index contributed by atoms with van der Waals surface area (Å²) in [6.07, 6.45) is -7.47. The van der Waals surface area contributed by atoms with Gasteiger partial charge in [-0.3, -0.25) is 4.79 Å². The van der Waals surface area contributed by atoms with E-state index < -0.39 is 71.8 Å². The lowest BCUT2D eigenvalue weighted by Gasteiger charge is -2.56. The Morgan fingerprint density at radius 2 is 1.82 bits per heavy atom. The zero-order valence-corrected chi connectivity index (χ0v) is 21.0. The standard InChI is InChI=1S/C25H29NO13/c1-3-24-16-10-4-5-11(27)19(16)39-20(24)12(6-7-25(24,36)14(8-10)26-2)37-22(34)17(30)18(31)23(35)38-13(21(32)33)9-15(28)29/h4-6,13-14,17-18,20,26-27,30-31,36H,3,7-9H2,1-2H3,(H,28,29)(H,32,33)/t13-,14+,17+,18+,20-,24-,25+/m0/s1. The molecular weight excluding hydrogens is 522 g/mol. The number of carbonyl (C=O) groups excluding carboxylic acids is 2. The topological polar surface area (TPSA) is 229 Å². The summed E-state index contributed by atoms with van der Waals surface area (Å²) in [5.41, 5.74) is -1.22. The van der Waals surface area contributed by atoms with Crippen molar-refractivity contribution in [3.05, 3.63) is 35.1 Å². The summed E-state index contributed by atoms with van der Waals surface area (Å²) in [6, 6.07) is 2.75. The van der Waals surface area contributed by atoms with Crippen LogP contribution in [0.25, 0.3) is 0 Å². The number of aliphatic hydroxyl groups excluding tert-OH is 2. The molecule has 1 aromatic carbocycles. The van der Waals surface area contributed by atoms with Gasteiger partial charge in [-0.2, -0.15) is 0 Å². The molecule has 2 aliphatic carbocycles. The second-order valence-electron chi connectivity index (χ2n) is 9.72. The van der Waals surface area contributed by atoms with E-state index in [9.17, 15) is 39.6 Å². The van der Waals surface area contributed by atoms with Gasteiger partial charge in [-0.15, -0.1) is 0 Å². The monoisotopic (exact) mass is 551 g/mol. The fourth-order valence-corrected chi connectivity index (χ4v) is 5.96. The predicted octanol–water partition coefficient (Wildman–Crippen LogP) is -1.30. The van der Waals surface area contributed by atoms with Crippen molar-refractivity contribution in [2.24, 2.45) is 0 Å². The normalized spacial score (nSPS) is 28.7. The Hall–Kier alpha value is -3.72. The summed E-state index contributed by atoms with van der Waals surface area (Å²) in [7, 11) is 1.70. The number of hydrogen-bond donors (Lipinski definition) is 7. The number of aliphatic carboxylic acids is 2. The van der Waals surface area contributed by atoms with Crippen LogP contribution < -0.4 is 10.1 Å². The van der Waals surface area contributed by atoms with E-state index in [1.165, 1.54) is 12.1 Å². The van der Waals surface area contributed by atoms with Crippen LogP contribution in [0, 0.1) is 0 Å². The van der Waals surface area contributed by atoms with Crippen molar-refractivity contribution in [1.29, 1.82) is 0 Å². The molecule has 1 aromatic rings. The van der Waals surface area contributed by atoms with Crippen LogP contribution in [0.1, 0.15) is 37.3 Å². The minimum absolute atomic E-state index is 0.0144. The summed E-state index contributed by atoms with van der Waals surface area (Å²) in [5.74, 6) is -6.89. The number of phenolic OH excluding ortho intramolecular Hbond substituents is 1. The van der Waals surface area contributed by atoms with Crippen LogP contribution in [0.2, 0.25) is 0 Å². The largest absolute Gasteiger partial charge is 0.504 e. The van der Waals surface area contributed by atoms with Crippen LogP contribution in [0.5, 0.6) is 11.5 Å². The number of carboxylic acids is 2. The third-order valence-electron chi connectivity index (χ3n) is 7.80. The Labute approximate surface area is 221 Å². The van der Waals surface area contributed by atoms with Crippen LogP contribution in [-0.4, -0.2) is 97.6 Å². The van der Waals surface area contributed by atoms with E-state index in [0.29, 0.717) is 18.4 Å². The molecule has 39 heavy (non-hydrogen) atoms. The van der Waals surface area contributed by atoms with E-state index in [2.05, 4.69) is 10.1 Å². The number of carbonyl (C=O) groups is 4. The van der Waals surface area contributed by atoms with Crippen LogP contribution in [0.15, 0.2) is 24.0 Å². The lowest BCUT2D eigenvalue weighted by Crippen LogP contribution is -2.70. The molecule has 0 fully saturated rings. The molecule has 4 rings (SSSR count). The van der Waals surface area contributed by atoms with E-state index in [1.807, 2.05) is 0 Å². The van der Waals surface area contributed by atoms with Gasteiger partial charge in [-0.25, -0.2) is 14.4 Å². The van der Waals surface area contributed by atoms with Gasteiger partial charge >= 0.3 is 23.9 Å². The van der Waals surface area contributed by atoms with Gasteiger partial charge in [0.1, 0.15) is 5.76 Å². The third kappa shape index (κ3) is 4.29. The SMILES string of the molecule is CC[C@]12c3c4ccc(O)c3O[C@H]1C(OC(=O)[C@H](O)[C@@H](O)C(=O)O[C@@H](CC(=O)O)C(=O)O)=CC[C@@]2(O)[C@H](NC)C4. The number of rotatable bonds is 10. The van der Waals surface area contributed by atoms with Gasteiger partial charge < -0.3 is 50.2 Å². The summed E-state index contributed by atoms with van der Waals surface area (Å²) in [5, 5.41) is 63.8. The summed E-state index contributed by atoms with van der Waals surface area (Å²) in [4.78, 5) is 46.8. The number of aromatic hydroxyl groups is 1. The first-order valence-corrected chi connectivity index (χ1v) is 12.2. The highest BCUT2D eigenvalue weighted by Gasteiger charge is 2.69.